The Bertz CT molecular complexity index is 1510. The van der Waals surface area contributed by atoms with E-state index in [1.54, 1.807) is 17.5 Å². The number of aromatic nitrogens is 6. The minimum Gasteiger partial charge on any atom is -0.353 e. The van der Waals surface area contributed by atoms with Crippen molar-refractivity contribution >= 4 is 33.1 Å². The first-order valence-electron chi connectivity index (χ1n) is 9.56. The average molecular weight is 408 g/mol. The molecule has 0 bridgehead atoms. The van der Waals surface area contributed by atoms with Crippen molar-refractivity contribution < 1.29 is 0 Å². The predicted molar refractivity (Wildman–Crippen MR) is 120 cm³/mol. The van der Waals surface area contributed by atoms with E-state index in [1.165, 1.54) is 9.75 Å². The first-order valence-corrected chi connectivity index (χ1v) is 10.4. The highest BCUT2D eigenvalue weighted by Gasteiger charge is 2.15. The molecule has 0 saturated heterocycles. The Morgan fingerprint density at radius 1 is 0.867 bits per heavy atom. The molecular weight excluding hydrogens is 392 g/mol. The summed E-state index contributed by atoms with van der Waals surface area (Å²) >= 11 is 1.75. The van der Waals surface area contributed by atoms with Crippen LogP contribution in [0.15, 0.2) is 67.3 Å². The number of aromatic amines is 2. The Balaban J connectivity index is 1.52. The summed E-state index contributed by atoms with van der Waals surface area (Å²) in [6.07, 6.45) is 7.24. The maximum Gasteiger partial charge on any atom is 0.116 e. The second kappa shape index (κ2) is 6.60. The minimum atomic E-state index is 0.863. The lowest BCUT2D eigenvalue weighted by molar-refractivity contribution is 1.11. The summed E-state index contributed by atoms with van der Waals surface area (Å²) in [5, 5.41) is 9.77. The predicted octanol–water partition coefficient (Wildman–Crippen LogP) is 5.60. The molecule has 0 aliphatic carbocycles. The van der Waals surface area contributed by atoms with Crippen LogP contribution in [0.1, 0.15) is 4.88 Å². The molecule has 6 aromatic heterocycles. The molecule has 0 aliphatic rings. The summed E-state index contributed by atoms with van der Waals surface area (Å²) in [6.45, 7) is 2.11. The quantitative estimate of drug-likeness (QED) is 0.399. The van der Waals surface area contributed by atoms with E-state index in [1.807, 2.05) is 36.8 Å². The molecule has 0 aliphatic heterocycles. The number of fused-ring (bicyclic) bond motifs is 2. The van der Waals surface area contributed by atoms with Crippen LogP contribution in [0.2, 0.25) is 0 Å². The fourth-order valence-electron chi connectivity index (χ4n) is 3.73. The molecule has 6 heterocycles. The van der Waals surface area contributed by atoms with E-state index in [0.29, 0.717) is 0 Å². The number of hydrogen-bond acceptors (Lipinski definition) is 5. The van der Waals surface area contributed by atoms with Crippen LogP contribution in [-0.4, -0.2) is 30.1 Å². The number of aryl methyl sites for hydroxylation is 1. The number of thiophene rings is 1. The molecule has 6 rings (SSSR count). The molecule has 0 saturated carbocycles. The van der Waals surface area contributed by atoms with Crippen molar-refractivity contribution in [3.05, 3.63) is 72.1 Å². The molecule has 6 nitrogen and oxygen atoms in total. The molecule has 0 unspecified atom stereocenters. The third-order valence-electron chi connectivity index (χ3n) is 5.18. The van der Waals surface area contributed by atoms with Gasteiger partial charge >= 0.3 is 0 Å². The van der Waals surface area contributed by atoms with Gasteiger partial charge in [0.05, 0.1) is 33.7 Å². The smallest absolute Gasteiger partial charge is 0.116 e. The topological polar surface area (TPSA) is 83.1 Å². The molecule has 6 aromatic rings. The number of nitrogens with zero attached hydrogens (tertiary/aromatic N) is 4. The maximum atomic E-state index is 4.65. The Morgan fingerprint density at radius 2 is 1.80 bits per heavy atom. The van der Waals surface area contributed by atoms with Gasteiger partial charge in [0.15, 0.2) is 0 Å². The highest BCUT2D eigenvalue weighted by atomic mass is 32.1. The Labute approximate surface area is 175 Å². The molecule has 2 N–H and O–H groups in total. The van der Waals surface area contributed by atoms with Crippen LogP contribution in [0.5, 0.6) is 0 Å². The SMILES string of the molecule is Cc1ccc(-c2nccc3[nH]c(-c4n[nH]c5cnc(-c6cccnc6)cc45)cc23)s1. The van der Waals surface area contributed by atoms with E-state index < -0.39 is 0 Å². The lowest BCUT2D eigenvalue weighted by Gasteiger charge is -2.00. The summed E-state index contributed by atoms with van der Waals surface area (Å²) < 4.78 is 0. The third kappa shape index (κ3) is 2.71. The standard InChI is InChI=1S/C23H16N6S/c1-13-4-5-21(30-13)23-15-10-19(27-17(15)6-8-25-23)22-16-9-18(14-3-2-7-24-11-14)26-12-20(16)28-29-22/h2-12,27H,1H3,(H,28,29). The highest BCUT2D eigenvalue weighted by Crippen LogP contribution is 2.35. The van der Waals surface area contributed by atoms with Gasteiger partial charge in [-0.1, -0.05) is 0 Å². The molecule has 30 heavy (non-hydrogen) atoms. The second-order valence-corrected chi connectivity index (χ2v) is 8.43. The highest BCUT2D eigenvalue weighted by molar-refractivity contribution is 7.15. The van der Waals surface area contributed by atoms with Crippen LogP contribution in [-0.2, 0) is 0 Å². The van der Waals surface area contributed by atoms with Gasteiger partial charge in [-0.15, -0.1) is 11.3 Å². The largest absolute Gasteiger partial charge is 0.353 e. The van der Waals surface area contributed by atoms with Gasteiger partial charge in [0.25, 0.3) is 0 Å². The summed E-state index contributed by atoms with van der Waals surface area (Å²) in [7, 11) is 0. The third-order valence-corrected chi connectivity index (χ3v) is 6.19. The van der Waals surface area contributed by atoms with E-state index in [0.717, 1.165) is 50.1 Å². The Kier molecular flexibility index (Phi) is 3.75. The number of H-pyrrole nitrogens is 2. The van der Waals surface area contributed by atoms with Crippen molar-refractivity contribution in [1.29, 1.82) is 0 Å². The van der Waals surface area contributed by atoms with Gasteiger partial charge in [-0.3, -0.25) is 20.1 Å². The van der Waals surface area contributed by atoms with Crippen molar-refractivity contribution in [1.82, 2.24) is 30.1 Å². The number of rotatable bonds is 3. The van der Waals surface area contributed by atoms with Crippen LogP contribution in [0.4, 0.5) is 0 Å². The molecule has 0 spiro atoms. The molecular formula is C23H16N6S. The number of pyridine rings is 3. The van der Waals surface area contributed by atoms with E-state index >= 15 is 0 Å². The van der Waals surface area contributed by atoms with E-state index in [4.69, 9.17) is 0 Å². The van der Waals surface area contributed by atoms with Gasteiger partial charge in [0, 0.05) is 45.3 Å². The number of nitrogens with one attached hydrogen (secondary N) is 2. The van der Waals surface area contributed by atoms with Crippen molar-refractivity contribution in [3.8, 4) is 33.2 Å². The molecule has 144 valence electrons. The average Bonchev–Trinajstić information content (AvgIpc) is 3.51. The number of hydrogen-bond donors (Lipinski definition) is 2. The first-order chi connectivity index (χ1) is 14.8. The van der Waals surface area contributed by atoms with E-state index in [9.17, 15) is 0 Å². The molecule has 0 radical (unpaired) electrons. The van der Waals surface area contributed by atoms with Gasteiger partial charge in [-0.05, 0) is 49.4 Å². The van der Waals surface area contributed by atoms with Crippen molar-refractivity contribution in [2.45, 2.75) is 6.92 Å². The summed E-state index contributed by atoms with van der Waals surface area (Å²) in [6, 6.07) is 14.4. The molecule has 0 fully saturated rings. The second-order valence-electron chi connectivity index (χ2n) is 7.14. The van der Waals surface area contributed by atoms with Crippen molar-refractivity contribution in [3.63, 3.8) is 0 Å². The van der Waals surface area contributed by atoms with Crippen LogP contribution < -0.4 is 0 Å². The summed E-state index contributed by atoms with van der Waals surface area (Å²) in [5.74, 6) is 0. The molecule has 0 amide bonds. The van der Waals surface area contributed by atoms with E-state index in [-0.39, 0.29) is 0 Å². The van der Waals surface area contributed by atoms with Gasteiger partial charge in [-0.2, -0.15) is 5.10 Å². The monoisotopic (exact) mass is 408 g/mol. The van der Waals surface area contributed by atoms with Gasteiger partial charge < -0.3 is 4.98 Å². The lowest BCUT2D eigenvalue weighted by atomic mass is 10.1. The Hall–Kier alpha value is -3.84. The lowest BCUT2D eigenvalue weighted by Crippen LogP contribution is -1.85. The van der Waals surface area contributed by atoms with Crippen LogP contribution in [0, 0.1) is 6.92 Å². The fraction of sp³-hybridized carbons (Fsp3) is 0.0435. The minimum absolute atomic E-state index is 0.863. The van der Waals surface area contributed by atoms with Crippen molar-refractivity contribution in [2.24, 2.45) is 0 Å². The zero-order chi connectivity index (χ0) is 20.1. The molecule has 0 aromatic carbocycles. The molecule has 0 atom stereocenters. The van der Waals surface area contributed by atoms with Crippen molar-refractivity contribution in [2.75, 3.05) is 0 Å². The maximum absolute atomic E-state index is 4.65. The fourth-order valence-corrected chi connectivity index (χ4v) is 4.61. The van der Waals surface area contributed by atoms with Crippen LogP contribution in [0.25, 0.3) is 55.0 Å². The van der Waals surface area contributed by atoms with Crippen LogP contribution in [0.3, 0.4) is 0 Å². The van der Waals surface area contributed by atoms with E-state index in [2.05, 4.69) is 61.3 Å². The summed E-state index contributed by atoms with van der Waals surface area (Å²) in [4.78, 5) is 19.4. The zero-order valence-corrected chi connectivity index (χ0v) is 16.9. The van der Waals surface area contributed by atoms with Gasteiger partial charge in [0.1, 0.15) is 5.69 Å². The first kappa shape index (κ1) is 17.1. The normalized spacial score (nSPS) is 11.5. The van der Waals surface area contributed by atoms with Crippen LogP contribution >= 0.6 is 11.3 Å². The van der Waals surface area contributed by atoms with Gasteiger partial charge in [0.2, 0.25) is 0 Å². The molecule has 7 heteroatoms. The summed E-state index contributed by atoms with van der Waals surface area (Å²) in [5.41, 5.74) is 6.57. The van der Waals surface area contributed by atoms with Gasteiger partial charge in [-0.25, -0.2) is 0 Å². The zero-order valence-electron chi connectivity index (χ0n) is 16.0. The Morgan fingerprint density at radius 3 is 2.63 bits per heavy atom.